The summed E-state index contributed by atoms with van der Waals surface area (Å²) in [6.45, 7) is 3.80. The van der Waals surface area contributed by atoms with Crippen molar-refractivity contribution in [3.05, 3.63) is 30.1 Å². The minimum Gasteiger partial charge on any atom is -0.493 e. The van der Waals surface area contributed by atoms with Gasteiger partial charge in [-0.25, -0.2) is 0 Å². The number of fused-ring (bicyclic) bond motifs is 3. The van der Waals surface area contributed by atoms with E-state index in [0.717, 1.165) is 53.0 Å². The molecular formula is C19H25N3O2. The molecule has 3 aromatic rings. The highest BCUT2D eigenvalue weighted by Crippen LogP contribution is 2.36. The second-order valence-corrected chi connectivity index (χ2v) is 6.21. The maximum atomic E-state index is 5.95. The first-order valence-electron chi connectivity index (χ1n) is 8.39. The fraction of sp³-hybridized carbons (Fsp3) is 0.421. The second kappa shape index (κ2) is 7.09. The Morgan fingerprint density at radius 1 is 1.17 bits per heavy atom. The third kappa shape index (κ3) is 3.17. The summed E-state index contributed by atoms with van der Waals surface area (Å²) >= 11 is 0. The zero-order valence-corrected chi connectivity index (χ0v) is 14.8. The predicted molar refractivity (Wildman–Crippen MR) is 98.2 cm³/mol. The standard InChI is InChI=1S/C19H25N3O2/c1-5-14-19-13-11-17(23-4)18(24-10-6-9-22(2)3)12-16(13)21-15(19)7-8-20-14/h7-8,11-12,21H,5-6,9-10H2,1-4H3. The van der Waals surface area contributed by atoms with E-state index in [-0.39, 0.29) is 0 Å². The van der Waals surface area contributed by atoms with Gasteiger partial charge in [0.15, 0.2) is 11.5 Å². The number of hydrogen-bond acceptors (Lipinski definition) is 4. The summed E-state index contributed by atoms with van der Waals surface area (Å²) < 4.78 is 11.5. The van der Waals surface area contributed by atoms with Gasteiger partial charge in [-0.15, -0.1) is 0 Å². The van der Waals surface area contributed by atoms with E-state index in [0.29, 0.717) is 6.61 Å². The molecule has 0 radical (unpaired) electrons. The van der Waals surface area contributed by atoms with Crippen LogP contribution in [-0.4, -0.2) is 49.2 Å². The van der Waals surface area contributed by atoms with Crippen molar-refractivity contribution in [2.75, 3.05) is 34.4 Å². The van der Waals surface area contributed by atoms with Crippen LogP contribution in [0.25, 0.3) is 21.8 Å². The van der Waals surface area contributed by atoms with E-state index in [1.165, 1.54) is 5.39 Å². The molecule has 0 spiro atoms. The van der Waals surface area contributed by atoms with Gasteiger partial charge in [-0.05, 0) is 39.1 Å². The van der Waals surface area contributed by atoms with Crippen LogP contribution in [0.1, 0.15) is 19.0 Å². The van der Waals surface area contributed by atoms with Gasteiger partial charge >= 0.3 is 0 Å². The molecule has 0 aliphatic heterocycles. The van der Waals surface area contributed by atoms with Crippen molar-refractivity contribution in [3.8, 4) is 11.5 Å². The van der Waals surface area contributed by atoms with E-state index in [1.807, 2.05) is 18.3 Å². The third-order valence-electron chi connectivity index (χ3n) is 4.21. The summed E-state index contributed by atoms with van der Waals surface area (Å²) in [7, 11) is 5.81. The first-order valence-corrected chi connectivity index (χ1v) is 8.39. The SMILES string of the molecule is CCc1nccc2[nH]c3cc(OCCCN(C)C)c(OC)cc3c12. The average molecular weight is 327 g/mol. The number of benzene rings is 1. The molecule has 0 saturated heterocycles. The number of methoxy groups -OCH3 is 1. The van der Waals surface area contributed by atoms with E-state index >= 15 is 0 Å². The lowest BCUT2D eigenvalue weighted by molar-refractivity contribution is 0.268. The molecule has 0 aliphatic carbocycles. The Kier molecular flexibility index (Phi) is 4.90. The zero-order valence-electron chi connectivity index (χ0n) is 14.8. The highest BCUT2D eigenvalue weighted by molar-refractivity contribution is 6.09. The number of aryl methyl sites for hydroxylation is 1. The number of ether oxygens (including phenoxy) is 2. The Balaban J connectivity index is 1.98. The van der Waals surface area contributed by atoms with E-state index < -0.39 is 0 Å². The molecule has 0 unspecified atom stereocenters. The zero-order chi connectivity index (χ0) is 17.1. The number of H-pyrrole nitrogens is 1. The number of nitrogens with zero attached hydrogens (tertiary/aromatic N) is 2. The first kappa shape index (κ1) is 16.6. The molecule has 1 aromatic carbocycles. The van der Waals surface area contributed by atoms with Gasteiger partial charge < -0.3 is 19.4 Å². The number of nitrogens with one attached hydrogen (secondary N) is 1. The average Bonchev–Trinajstić information content (AvgIpc) is 2.95. The van der Waals surface area contributed by atoms with Crippen molar-refractivity contribution >= 4 is 21.8 Å². The highest BCUT2D eigenvalue weighted by atomic mass is 16.5. The number of aromatic nitrogens is 2. The predicted octanol–water partition coefficient (Wildman–Crippen LogP) is 3.62. The van der Waals surface area contributed by atoms with Crippen molar-refractivity contribution < 1.29 is 9.47 Å². The second-order valence-electron chi connectivity index (χ2n) is 6.21. The maximum Gasteiger partial charge on any atom is 0.163 e. The number of hydrogen-bond donors (Lipinski definition) is 1. The molecule has 3 rings (SSSR count). The molecule has 5 nitrogen and oxygen atoms in total. The topological polar surface area (TPSA) is 50.4 Å². The Bertz CT molecular complexity index is 839. The lowest BCUT2D eigenvalue weighted by atomic mass is 10.1. The summed E-state index contributed by atoms with van der Waals surface area (Å²) in [5.41, 5.74) is 3.25. The van der Waals surface area contributed by atoms with E-state index in [9.17, 15) is 0 Å². The molecule has 0 fully saturated rings. The van der Waals surface area contributed by atoms with Crippen LogP contribution in [0.15, 0.2) is 24.4 Å². The molecule has 0 saturated carbocycles. The molecule has 1 N–H and O–H groups in total. The van der Waals surface area contributed by atoms with Crippen LogP contribution in [0.3, 0.4) is 0 Å². The Morgan fingerprint density at radius 3 is 2.71 bits per heavy atom. The molecule has 2 heterocycles. The summed E-state index contributed by atoms with van der Waals surface area (Å²) in [5, 5.41) is 2.31. The van der Waals surface area contributed by atoms with Crippen molar-refractivity contribution in [1.29, 1.82) is 0 Å². The van der Waals surface area contributed by atoms with E-state index in [4.69, 9.17) is 9.47 Å². The lowest BCUT2D eigenvalue weighted by Crippen LogP contribution is -2.15. The van der Waals surface area contributed by atoms with Gasteiger partial charge in [0.25, 0.3) is 0 Å². The number of aromatic amines is 1. The molecule has 24 heavy (non-hydrogen) atoms. The maximum absolute atomic E-state index is 5.95. The Morgan fingerprint density at radius 2 is 2.00 bits per heavy atom. The van der Waals surface area contributed by atoms with Gasteiger partial charge in [-0.3, -0.25) is 4.98 Å². The summed E-state index contributed by atoms with van der Waals surface area (Å²) in [5.74, 6) is 1.54. The normalized spacial score (nSPS) is 11.5. The van der Waals surface area contributed by atoms with E-state index in [1.54, 1.807) is 7.11 Å². The highest BCUT2D eigenvalue weighted by Gasteiger charge is 2.14. The quantitative estimate of drug-likeness (QED) is 0.674. The number of rotatable bonds is 7. The van der Waals surface area contributed by atoms with Crippen LogP contribution in [0, 0.1) is 0 Å². The van der Waals surface area contributed by atoms with Crippen LogP contribution in [0.2, 0.25) is 0 Å². The molecule has 0 bridgehead atoms. The van der Waals surface area contributed by atoms with Crippen LogP contribution < -0.4 is 9.47 Å². The molecule has 128 valence electrons. The first-order chi connectivity index (χ1) is 11.6. The molecule has 2 aromatic heterocycles. The van der Waals surface area contributed by atoms with Gasteiger partial charge in [0, 0.05) is 35.1 Å². The molecule has 5 heteroatoms. The van der Waals surface area contributed by atoms with Gasteiger partial charge in [0.1, 0.15) is 0 Å². The van der Waals surface area contributed by atoms with Gasteiger partial charge in [-0.1, -0.05) is 6.92 Å². The fourth-order valence-corrected chi connectivity index (χ4v) is 3.03. The minimum absolute atomic E-state index is 0.669. The smallest absolute Gasteiger partial charge is 0.163 e. The van der Waals surface area contributed by atoms with Gasteiger partial charge in [0.05, 0.1) is 24.9 Å². The summed E-state index contributed by atoms with van der Waals surface area (Å²) in [6.07, 6.45) is 3.73. The van der Waals surface area contributed by atoms with Crippen LogP contribution in [-0.2, 0) is 6.42 Å². The molecule has 0 aliphatic rings. The van der Waals surface area contributed by atoms with E-state index in [2.05, 4.69) is 42.0 Å². The van der Waals surface area contributed by atoms with Crippen LogP contribution in [0.4, 0.5) is 0 Å². The van der Waals surface area contributed by atoms with Crippen molar-refractivity contribution in [3.63, 3.8) is 0 Å². The Labute approximate surface area is 142 Å². The van der Waals surface area contributed by atoms with Crippen molar-refractivity contribution in [2.24, 2.45) is 0 Å². The third-order valence-corrected chi connectivity index (χ3v) is 4.21. The minimum atomic E-state index is 0.669. The molecule has 0 amide bonds. The van der Waals surface area contributed by atoms with Crippen LogP contribution >= 0.6 is 0 Å². The van der Waals surface area contributed by atoms with Crippen LogP contribution in [0.5, 0.6) is 11.5 Å². The van der Waals surface area contributed by atoms with Gasteiger partial charge in [0.2, 0.25) is 0 Å². The number of pyridine rings is 1. The summed E-state index contributed by atoms with van der Waals surface area (Å²) in [6, 6.07) is 6.10. The van der Waals surface area contributed by atoms with Gasteiger partial charge in [-0.2, -0.15) is 0 Å². The Hall–Kier alpha value is -2.27. The molecular weight excluding hydrogens is 302 g/mol. The monoisotopic (exact) mass is 327 g/mol. The van der Waals surface area contributed by atoms with Crippen molar-refractivity contribution in [1.82, 2.24) is 14.9 Å². The summed E-state index contributed by atoms with van der Waals surface area (Å²) in [4.78, 5) is 10.1. The lowest BCUT2D eigenvalue weighted by Gasteiger charge is -2.13. The molecule has 0 atom stereocenters. The fourth-order valence-electron chi connectivity index (χ4n) is 3.03. The largest absolute Gasteiger partial charge is 0.493 e. The van der Waals surface area contributed by atoms with Crippen molar-refractivity contribution in [2.45, 2.75) is 19.8 Å².